The molecule has 0 aliphatic heterocycles. The van der Waals surface area contributed by atoms with Gasteiger partial charge in [0.05, 0.1) is 14.2 Å². The van der Waals surface area contributed by atoms with Gasteiger partial charge >= 0.3 is 0 Å². The van der Waals surface area contributed by atoms with Gasteiger partial charge in [0.2, 0.25) is 0 Å². The topological polar surface area (TPSA) is 18.5 Å². The van der Waals surface area contributed by atoms with Gasteiger partial charge in [0.25, 0.3) is 0 Å². The zero-order chi connectivity index (χ0) is 14.7. The molecule has 112 valence electrons. The second-order valence-corrected chi connectivity index (χ2v) is 7.70. The van der Waals surface area contributed by atoms with Crippen molar-refractivity contribution < 1.29 is 9.47 Å². The zero-order valence-corrected chi connectivity index (χ0v) is 13.0. The van der Waals surface area contributed by atoms with Gasteiger partial charge in [-0.25, -0.2) is 0 Å². The molecule has 22 heavy (non-hydrogen) atoms. The molecule has 5 aliphatic rings. The lowest BCUT2D eigenvalue weighted by molar-refractivity contribution is 0.0837. The largest absolute Gasteiger partial charge is 0.496 e. The monoisotopic (exact) mass is 292 g/mol. The lowest BCUT2D eigenvalue weighted by atomic mass is 9.48. The molecule has 2 heteroatoms. The zero-order valence-electron chi connectivity index (χ0n) is 13.0. The molecule has 2 nitrogen and oxygen atoms in total. The van der Waals surface area contributed by atoms with Gasteiger partial charge in [0.15, 0.2) is 0 Å². The van der Waals surface area contributed by atoms with Crippen LogP contribution in [0.5, 0.6) is 11.5 Å². The molecular weight excluding hydrogens is 272 g/mol. The number of rotatable bonds is 2. The Morgan fingerprint density at radius 3 is 2.18 bits per heavy atom. The number of hydrogen-bond acceptors (Lipinski definition) is 2. The summed E-state index contributed by atoms with van der Waals surface area (Å²) in [6.07, 6.45) is 12.3. The summed E-state index contributed by atoms with van der Waals surface area (Å²) in [6.45, 7) is 0. The molecule has 2 saturated carbocycles. The minimum absolute atomic E-state index is 0.360. The first-order valence-corrected chi connectivity index (χ1v) is 8.39. The van der Waals surface area contributed by atoms with E-state index in [2.05, 4.69) is 36.4 Å². The molecule has 0 radical (unpaired) electrons. The van der Waals surface area contributed by atoms with E-state index >= 15 is 0 Å². The molecule has 0 N–H and O–H groups in total. The van der Waals surface area contributed by atoms with Gasteiger partial charge in [-0.2, -0.15) is 0 Å². The Hall–Kier alpha value is -1.70. The summed E-state index contributed by atoms with van der Waals surface area (Å²) in [4.78, 5) is 0. The molecule has 0 heterocycles. The van der Waals surface area contributed by atoms with Crippen LogP contribution in [-0.4, -0.2) is 14.2 Å². The van der Waals surface area contributed by atoms with Crippen molar-refractivity contribution in [3.63, 3.8) is 0 Å². The number of methoxy groups -OCH3 is 2. The van der Waals surface area contributed by atoms with Crippen LogP contribution in [0.4, 0.5) is 0 Å². The molecule has 0 saturated heterocycles. The predicted molar refractivity (Wildman–Crippen MR) is 84.4 cm³/mol. The van der Waals surface area contributed by atoms with Crippen molar-refractivity contribution in [1.29, 1.82) is 0 Å². The Balaban J connectivity index is 1.64. The van der Waals surface area contributed by atoms with Crippen molar-refractivity contribution in [2.75, 3.05) is 14.2 Å². The molecule has 6 atom stereocenters. The van der Waals surface area contributed by atoms with Crippen LogP contribution in [0.2, 0.25) is 0 Å². The van der Waals surface area contributed by atoms with Crippen molar-refractivity contribution in [1.82, 2.24) is 0 Å². The van der Waals surface area contributed by atoms with E-state index in [1.54, 1.807) is 14.2 Å². The van der Waals surface area contributed by atoms with E-state index in [4.69, 9.17) is 9.47 Å². The van der Waals surface area contributed by atoms with Crippen LogP contribution in [0.15, 0.2) is 36.4 Å². The van der Waals surface area contributed by atoms with Gasteiger partial charge in [-0.05, 0) is 42.7 Å². The molecular formula is C20H20O2. The van der Waals surface area contributed by atoms with Crippen LogP contribution >= 0.6 is 0 Å². The number of ether oxygens (including phenoxy) is 2. The highest BCUT2D eigenvalue weighted by Crippen LogP contribution is 2.91. The number of allylic oxidation sites excluding steroid dienone is 4. The highest BCUT2D eigenvalue weighted by Gasteiger charge is 2.84. The van der Waals surface area contributed by atoms with Gasteiger partial charge in [0.1, 0.15) is 11.5 Å². The van der Waals surface area contributed by atoms with Crippen molar-refractivity contribution in [2.45, 2.75) is 24.7 Å². The van der Waals surface area contributed by atoms with E-state index < -0.39 is 0 Å². The standard InChI is InChI=1S/C20H20O2/c1-21-11-5-6-12(22-2)14-13(11)15-16-17(14)19-7-3-4-8-20(19,10-9-19)18(15)16/h3-6,9-10,15-18H,7-8H2,1-2H3. The molecule has 6 rings (SSSR count). The van der Waals surface area contributed by atoms with Crippen LogP contribution in [-0.2, 0) is 0 Å². The summed E-state index contributed by atoms with van der Waals surface area (Å²) < 4.78 is 11.5. The SMILES string of the molecule is COc1ccc(OC)c2c1C1C3C2C24C=CC2(CC=CC4)C13. The predicted octanol–water partition coefficient (Wildman–Crippen LogP) is 4.04. The maximum atomic E-state index is 5.76. The fraction of sp³-hybridized carbons (Fsp3) is 0.500. The van der Waals surface area contributed by atoms with E-state index in [0.717, 1.165) is 23.3 Å². The Labute approximate surface area is 130 Å². The van der Waals surface area contributed by atoms with Crippen LogP contribution in [0, 0.1) is 22.7 Å². The first-order valence-electron chi connectivity index (χ1n) is 8.39. The molecule has 2 fully saturated rings. The maximum Gasteiger partial charge on any atom is 0.122 e. The molecule has 0 aromatic heterocycles. The number of fused-ring (bicyclic) bond motifs is 4. The van der Waals surface area contributed by atoms with Gasteiger partial charge in [-0.3, -0.25) is 0 Å². The van der Waals surface area contributed by atoms with Crippen LogP contribution in [0.1, 0.15) is 35.8 Å². The van der Waals surface area contributed by atoms with Gasteiger partial charge in [-0.15, -0.1) is 0 Å². The summed E-state index contributed by atoms with van der Waals surface area (Å²) >= 11 is 0. The van der Waals surface area contributed by atoms with E-state index in [1.807, 2.05) is 0 Å². The molecule has 5 aliphatic carbocycles. The van der Waals surface area contributed by atoms with Crippen molar-refractivity contribution >= 4 is 0 Å². The van der Waals surface area contributed by atoms with Crippen molar-refractivity contribution in [3.05, 3.63) is 47.6 Å². The quantitative estimate of drug-likeness (QED) is 0.766. The van der Waals surface area contributed by atoms with E-state index in [9.17, 15) is 0 Å². The lowest BCUT2D eigenvalue weighted by Crippen LogP contribution is -2.48. The summed E-state index contributed by atoms with van der Waals surface area (Å²) in [6, 6.07) is 4.21. The van der Waals surface area contributed by atoms with E-state index in [1.165, 1.54) is 24.0 Å². The van der Waals surface area contributed by atoms with E-state index in [0.29, 0.717) is 22.7 Å². The molecule has 0 spiro atoms. The smallest absolute Gasteiger partial charge is 0.122 e. The fourth-order valence-electron chi connectivity index (χ4n) is 6.86. The van der Waals surface area contributed by atoms with Crippen molar-refractivity contribution in [2.24, 2.45) is 22.7 Å². The molecule has 0 bridgehead atoms. The summed E-state index contributed by atoms with van der Waals surface area (Å²) in [5, 5.41) is 0. The minimum atomic E-state index is 0.360. The third kappa shape index (κ3) is 0.893. The first kappa shape index (κ1) is 11.8. The summed E-state index contributed by atoms with van der Waals surface area (Å²) in [5.74, 6) is 5.14. The average Bonchev–Trinajstić information content (AvgIpc) is 3.10. The third-order valence-corrected chi connectivity index (χ3v) is 7.52. The summed E-state index contributed by atoms with van der Waals surface area (Å²) in [5.41, 5.74) is 3.73. The Kier molecular flexibility index (Phi) is 1.77. The summed E-state index contributed by atoms with van der Waals surface area (Å²) in [7, 11) is 3.61. The average molecular weight is 292 g/mol. The maximum absolute atomic E-state index is 5.76. The van der Waals surface area contributed by atoms with E-state index in [-0.39, 0.29) is 0 Å². The van der Waals surface area contributed by atoms with Crippen LogP contribution < -0.4 is 9.47 Å². The Morgan fingerprint density at radius 1 is 0.909 bits per heavy atom. The Morgan fingerprint density at radius 2 is 1.55 bits per heavy atom. The first-order chi connectivity index (χ1) is 10.8. The molecule has 1 aromatic rings. The van der Waals surface area contributed by atoms with Crippen LogP contribution in [0.3, 0.4) is 0 Å². The third-order valence-electron chi connectivity index (χ3n) is 7.52. The van der Waals surface area contributed by atoms with Gasteiger partial charge in [0, 0.05) is 27.9 Å². The van der Waals surface area contributed by atoms with Crippen LogP contribution in [0.25, 0.3) is 0 Å². The normalized spacial score (nSPS) is 47.2. The van der Waals surface area contributed by atoms with Gasteiger partial charge < -0.3 is 9.47 Å². The number of hydrogen-bond donors (Lipinski definition) is 0. The lowest BCUT2D eigenvalue weighted by Gasteiger charge is -2.55. The minimum Gasteiger partial charge on any atom is -0.496 e. The van der Waals surface area contributed by atoms with Gasteiger partial charge in [-0.1, -0.05) is 24.3 Å². The number of benzene rings is 1. The Bertz CT molecular complexity index is 776. The van der Waals surface area contributed by atoms with Crippen molar-refractivity contribution in [3.8, 4) is 11.5 Å². The fourth-order valence-corrected chi connectivity index (χ4v) is 6.86. The highest BCUT2D eigenvalue weighted by molar-refractivity contribution is 5.67. The second-order valence-electron chi connectivity index (χ2n) is 7.70. The highest BCUT2D eigenvalue weighted by atomic mass is 16.5. The molecule has 6 unspecified atom stereocenters. The molecule has 0 amide bonds. The molecule has 1 aromatic carbocycles. The second kappa shape index (κ2) is 3.29.